The lowest BCUT2D eigenvalue weighted by Gasteiger charge is -2.44. The SMILES string of the molecule is CC1CCC(C)(C=O)CC1(C)C. The van der Waals surface area contributed by atoms with Gasteiger partial charge in [0.2, 0.25) is 0 Å². The second kappa shape index (κ2) is 2.86. The van der Waals surface area contributed by atoms with E-state index in [0.717, 1.165) is 25.0 Å². The number of rotatable bonds is 1. The first-order chi connectivity index (χ1) is 5.40. The number of hydrogen-bond donors (Lipinski definition) is 0. The summed E-state index contributed by atoms with van der Waals surface area (Å²) in [5.74, 6) is 0.755. The lowest BCUT2D eigenvalue weighted by Crippen LogP contribution is -2.37. The maximum Gasteiger partial charge on any atom is 0.125 e. The van der Waals surface area contributed by atoms with Crippen LogP contribution < -0.4 is 0 Å². The molecular formula is C11H20O. The van der Waals surface area contributed by atoms with E-state index in [9.17, 15) is 4.79 Å². The van der Waals surface area contributed by atoms with Crippen molar-refractivity contribution < 1.29 is 4.79 Å². The van der Waals surface area contributed by atoms with Crippen LogP contribution in [0.1, 0.15) is 47.0 Å². The van der Waals surface area contributed by atoms with Crippen molar-refractivity contribution >= 4 is 6.29 Å². The molecule has 0 aliphatic heterocycles. The van der Waals surface area contributed by atoms with Crippen molar-refractivity contribution in [1.29, 1.82) is 0 Å². The molecule has 2 atom stereocenters. The molecule has 12 heavy (non-hydrogen) atoms. The van der Waals surface area contributed by atoms with Crippen LogP contribution in [0.3, 0.4) is 0 Å². The highest BCUT2D eigenvalue weighted by Gasteiger charge is 2.40. The van der Waals surface area contributed by atoms with Gasteiger partial charge in [-0.3, -0.25) is 0 Å². The fourth-order valence-corrected chi connectivity index (χ4v) is 2.34. The van der Waals surface area contributed by atoms with E-state index in [1.807, 2.05) is 0 Å². The van der Waals surface area contributed by atoms with E-state index >= 15 is 0 Å². The third kappa shape index (κ3) is 1.70. The van der Waals surface area contributed by atoms with Crippen LogP contribution in [0.4, 0.5) is 0 Å². The highest BCUT2D eigenvalue weighted by Crippen LogP contribution is 2.47. The largest absolute Gasteiger partial charge is 0.303 e. The zero-order chi connectivity index (χ0) is 9.41. The molecule has 0 aromatic heterocycles. The monoisotopic (exact) mass is 168 g/mol. The fourth-order valence-electron chi connectivity index (χ4n) is 2.34. The van der Waals surface area contributed by atoms with Crippen molar-refractivity contribution in [2.75, 3.05) is 0 Å². The van der Waals surface area contributed by atoms with Gasteiger partial charge >= 0.3 is 0 Å². The highest BCUT2D eigenvalue weighted by atomic mass is 16.1. The molecule has 0 bridgehead atoms. The molecule has 0 saturated heterocycles. The second-order valence-electron chi connectivity index (χ2n) is 5.38. The summed E-state index contributed by atoms with van der Waals surface area (Å²) in [7, 11) is 0. The third-order valence-electron chi connectivity index (χ3n) is 3.63. The third-order valence-corrected chi connectivity index (χ3v) is 3.63. The van der Waals surface area contributed by atoms with Gasteiger partial charge < -0.3 is 4.79 Å². The van der Waals surface area contributed by atoms with Crippen molar-refractivity contribution in [3.8, 4) is 0 Å². The van der Waals surface area contributed by atoms with E-state index in [0.29, 0.717) is 5.41 Å². The molecular weight excluding hydrogens is 148 g/mol. The Kier molecular flexibility index (Phi) is 2.33. The van der Waals surface area contributed by atoms with Crippen molar-refractivity contribution in [1.82, 2.24) is 0 Å². The quantitative estimate of drug-likeness (QED) is 0.550. The van der Waals surface area contributed by atoms with Crippen LogP contribution in [-0.2, 0) is 4.79 Å². The minimum absolute atomic E-state index is 0.0456. The van der Waals surface area contributed by atoms with Gasteiger partial charge in [-0.05, 0) is 30.6 Å². The predicted molar refractivity (Wildman–Crippen MR) is 51.0 cm³/mol. The summed E-state index contributed by atoms with van der Waals surface area (Å²) >= 11 is 0. The maximum atomic E-state index is 10.9. The molecule has 1 fully saturated rings. The molecule has 1 nitrogen and oxygen atoms in total. The number of carbonyl (C=O) groups excluding carboxylic acids is 1. The van der Waals surface area contributed by atoms with Gasteiger partial charge in [0.15, 0.2) is 0 Å². The second-order valence-corrected chi connectivity index (χ2v) is 5.38. The molecule has 0 N–H and O–H groups in total. The van der Waals surface area contributed by atoms with Gasteiger partial charge in [-0.25, -0.2) is 0 Å². The Labute approximate surface area is 75.5 Å². The molecule has 1 aliphatic carbocycles. The number of aldehydes is 1. The molecule has 70 valence electrons. The Hall–Kier alpha value is -0.330. The van der Waals surface area contributed by atoms with Gasteiger partial charge in [-0.1, -0.05) is 27.7 Å². The summed E-state index contributed by atoms with van der Waals surface area (Å²) in [5.41, 5.74) is 0.296. The zero-order valence-corrected chi connectivity index (χ0v) is 8.68. The van der Waals surface area contributed by atoms with Crippen LogP contribution in [-0.4, -0.2) is 6.29 Å². The normalized spacial score (nSPS) is 40.8. The Balaban J connectivity index is 2.75. The summed E-state index contributed by atoms with van der Waals surface area (Å²) in [6.45, 7) is 8.94. The Morgan fingerprint density at radius 1 is 1.33 bits per heavy atom. The topological polar surface area (TPSA) is 17.1 Å². The molecule has 2 unspecified atom stereocenters. The summed E-state index contributed by atoms with van der Waals surface area (Å²) in [6, 6.07) is 0. The lowest BCUT2D eigenvalue weighted by molar-refractivity contribution is -0.120. The average molecular weight is 168 g/mol. The van der Waals surface area contributed by atoms with Gasteiger partial charge in [0.1, 0.15) is 6.29 Å². The van der Waals surface area contributed by atoms with Crippen LogP contribution in [0.5, 0.6) is 0 Å². The standard InChI is InChI=1S/C11H20O/c1-9-5-6-11(4,8-12)7-10(9,2)3/h8-9H,5-7H2,1-4H3. The molecule has 1 rings (SSSR count). The predicted octanol–water partition coefficient (Wildman–Crippen LogP) is 3.04. The van der Waals surface area contributed by atoms with Crippen molar-refractivity contribution in [3.05, 3.63) is 0 Å². The minimum atomic E-state index is -0.0456. The lowest BCUT2D eigenvalue weighted by atomic mass is 9.60. The van der Waals surface area contributed by atoms with Crippen LogP contribution in [0.15, 0.2) is 0 Å². The van der Waals surface area contributed by atoms with Crippen LogP contribution in [0.25, 0.3) is 0 Å². The smallest absolute Gasteiger partial charge is 0.125 e. The van der Waals surface area contributed by atoms with Crippen LogP contribution >= 0.6 is 0 Å². The number of carbonyl (C=O) groups is 1. The Morgan fingerprint density at radius 3 is 2.33 bits per heavy atom. The van der Waals surface area contributed by atoms with Crippen molar-refractivity contribution in [2.24, 2.45) is 16.7 Å². The van der Waals surface area contributed by atoms with E-state index < -0.39 is 0 Å². The molecule has 0 spiro atoms. The highest BCUT2D eigenvalue weighted by molar-refractivity contribution is 5.59. The number of hydrogen-bond acceptors (Lipinski definition) is 1. The Bertz CT molecular complexity index is 183. The molecule has 0 amide bonds. The fraction of sp³-hybridized carbons (Fsp3) is 0.909. The minimum Gasteiger partial charge on any atom is -0.303 e. The van der Waals surface area contributed by atoms with E-state index in [1.165, 1.54) is 6.42 Å². The first-order valence-electron chi connectivity index (χ1n) is 4.86. The van der Waals surface area contributed by atoms with Crippen LogP contribution in [0, 0.1) is 16.7 Å². The maximum absolute atomic E-state index is 10.9. The molecule has 0 heterocycles. The van der Waals surface area contributed by atoms with Gasteiger partial charge in [-0.2, -0.15) is 0 Å². The molecule has 0 aromatic rings. The first-order valence-corrected chi connectivity index (χ1v) is 4.86. The summed E-state index contributed by atoms with van der Waals surface area (Å²) in [4.78, 5) is 10.9. The molecule has 0 aromatic carbocycles. The zero-order valence-electron chi connectivity index (χ0n) is 8.68. The first kappa shape index (κ1) is 9.76. The van der Waals surface area contributed by atoms with Crippen molar-refractivity contribution in [3.63, 3.8) is 0 Å². The van der Waals surface area contributed by atoms with E-state index in [2.05, 4.69) is 27.7 Å². The van der Waals surface area contributed by atoms with Gasteiger partial charge in [0.25, 0.3) is 0 Å². The molecule has 0 radical (unpaired) electrons. The molecule has 1 saturated carbocycles. The van der Waals surface area contributed by atoms with Gasteiger partial charge in [0.05, 0.1) is 0 Å². The van der Waals surface area contributed by atoms with E-state index in [1.54, 1.807) is 0 Å². The van der Waals surface area contributed by atoms with E-state index in [4.69, 9.17) is 0 Å². The molecule has 1 aliphatic rings. The Morgan fingerprint density at radius 2 is 1.92 bits per heavy atom. The van der Waals surface area contributed by atoms with Gasteiger partial charge in [-0.15, -0.1) is 0 Å². The van der Waals surface area contributed by atoms with E-state index in [-0.39, 0.29) is 5.41 Å². The molecule has 1 heteroatoms. The van der Waals surface area contributed by atoms with Crippen LogP contribution in [0.2, 0.25) is 0 Å². The summed E-state index contributed by atoms with van der Waals surface area (Å²) < 4.78 is 0. The van der Waals surface area contributed by atoms with Crippen molar-refractivity contribution in [2.45, 2.75) is 47.0 Å². The average Bonchev–Trinajstić information content (AvgIpc) is 1.97. The van der Waals surface area contributed by atoms with Gasteiger partial charge in [0, 0.05) is 5.41 Å². The summed E-state index contributed by atoms with van der Waals surface area (Å²) in [6.07, 6.45) is 4.47. The summed E-state index contributed by atoms with van der Waals surface area (Å²) in [5, 5.41) is 0.